The Hall–Kier alpha value is -1.89. The van der Waals surface area contributed by atoms with Crippen molar-refractivity contribution in [1.82, 2.24) is 10.2 Å². The maximum Gasteiger partial charge on any atom is 0.209 e. The number of ether oxygens (including phenoxy) is 1. The quantitative estimate of drug-likeness (QED) is 0.940. The van der Waals surface area contributed by atoms with Crippen molar-refractivity contribution in [2.45, 2.75) is 12.8 Å². The number of benzene rings is 1. The molecule has 0 amide bonds. The number of rotatable bonds is 4. The van der Waals surface area contributed by atoms with Crippen LogP contribution in [-0.4, -0.2) is 29.9 Å². The molecule has 0 saturated carbocycles. The van der Waals surface area contributed by atoms with Gasteiger partial charge in [0.25, 0.3) is 0 Å². The van der Waals surface area contributed by atoms with Crippen LogP contribution in [0.3, 0.4) is 0 Å². The minimum absolute atomic E-state index is 0.250. The highest BCUT2D eigenvalue weighted by molar-refractivity contribution is 7.18. The minimum atomic E-state index is -0.250. The summed E-state index contributed by atoms with van der Waals surface area (Å²) in [6, 6.07) is 6.13. The fourth-order valence-electron chi connectivity index (χ4n) is 2.47. The van der Waals surface area contributed by atoms with Crippen molar-refractivity contribution in [1.29, 1.82) is 0 Å². The van der Waals surface area contributed by atoms with Gasteiger partial charge in [-0.2, -0.15) is 0 Å². The van der Waals surface area contributed by atoms with Crippen LogP contribution in [0.4, 0.5) is 14.7 Å². The summed E-state index contributed by atoms with van der Waals surface area (Å²) in [5.74, 6) is 0.877. The third-order valence-electron chi connectivity index (χ3n) is 3.52. The number of aromatic nitrogens is 2. The summed E-state index contributed by atoms with van der Waals surface area (Å²) in [5.41, 5.74) is 5.63. The fourth-order valence-corrected chi connectivity index (χ4v) is 3.12. The van der Waals surface area contributed by atoms with Crippen LogP contribution in [0.2, 0.25) is 0 Å². The summed E-state index contributed by atoms with van der Waals surface area (Å²) in [4.78, 5) is 2.20. The van der Waals surface area contributed by atoms with E-state index in [1.54, 1.807) is 12.1 Å². The summed E-state index contributed by atoms with van der Waals surface area (Å²) in [5, 5.41) is 9.31. The zero-order valence-corrected chi connectivity index (χ0v) is 12.4. The van der Waals surface area contributed by atoms with Gasteiger partial charge in [0.15, 0.2) is 0 Å². The lowest BCUT2D eigenvalue weighted by Gasteiger charge is -2.32. The Labute approximate surface area is 126 Å². The van der Waals surface area contributed by atoms with E-state index in [4.69, 9.17) is 10.5 Å². The largest absolute Gasteiger partial charge is 0.493 e. The van der Waals surface area contributed by atoms with Crippen LogP contribution in [0, 0.1) is 11.7 Å². The highest BCUT2D eigenvalue weighted by atomic mass is 32.1. The van der Waals surface area contributed by atoms with Crippen LogP contribution >= 0.6 is 11.3 Å². The predicted octanol–water partition coefficient (Wildman–Crippen LogP) is 2.55. The van der Waals surface area contributed by atoms with Gasteiger partial charge in [-0.25, -0.2) is 4.39 Å². The van der Waals surface area contributed by atoms with Crippen LogP contribution < -0.4 is 15.4 Å². The maximum absolute atomic E-state index is 12.8. The van der Waals surface area contributed by atoms with Gasteiger partial charge < -0.3 is 15.4 Å². The number of nitrogens with two attached hydrogens (primary N) is 1. The molecular weight excluding hydrogens is 291 g/mol. The molecule has 1 aliphatic heterocycles. The first-order chi connectivity index (χ1) is 10.2. The molecule has 0 bridgehead atoms. The van der Waals surface area contributed by atoms with Crippen molar-refractivity contribution in [3.05, 3.63) is 30.1 Å². The number of halogens is 1. The van der Waals surface area contributed by atoms with Gasteiger partial charge in [-0.3, -0.25) is 0 Å². The van der Waals surface area contributed by atoms with Crippen molar-refractivity contribution >= 4 is 21.6 Å². The molecule has 0 spiro atoms. The number of hydrogen-bond acceptors (Lipinski definition) is 6. The normalized spacial score (nSPS) is 18.7. The molecule has 1 aromatic carbocycles. The summed E-state index contributed by atoms with van der Waals surface area (Å²) in [6.45, 7) is 2.48. The molecule has 1 saturated heterocycles. The maximum atomic E-state index is 12.8. The van der Waals surface area contributed by atoms with Gasteiger partial charge >= 0.3 is 0 Å². The Morgan fingerprint density at radius 3 is 2.86 bits per heavy atom. The van der Waals surface area contributed by atoms with Crippen molar-refractivity contribution in [2.24, 2.45) is 5.92 Å². The van der Waals surface area contributed by atoms with Gasteiger partial charge in [0.1, 0.15) is 11.6 Å². The first-order valence-electron chi connectivity index (χ1n) is 6.93. The molecule has 2 N–H and O–H groups in total. The lowest BCUT2D eigenvalue weighted by atomic mass is 9.99. The Balaban J connectivity index is 1.55. The molecule has 2 heterocycles. The summed E-state index contributed by atoms with van der Waals surface area (Å²) < 4.78 is 18.6. The molecular formula is C14H17FN4OS. The topological polar surface area (TPSA) is 64.3 Å². The zero-order chi connectivity index (χ0) is 14.7. The van der Waals surface area contributed by atoms with Gasteiger partial charge in [0.05, 0.1) is 6.61 Å². The van der Waals surface area contributed by atoms with Crippen molar-refractivity contribution in [2.75, 3.05) is 30.3 Å². The lowest BCUT2D eigenvalue weighted by Crippen LogP contribution is -2.37. The number of anilines is 2. The van der Waals surface area contributed by atoms with E-state index in [1.165, 1.54) is 23.5 Å². The minimum Gasteiger partial charge on any atom is -0.493 e. The second-order valence-electron chi connectivity index (χ2n) is 5.14. The third-order valence-corrected chi connectivity index (χ3v) is 4.33. The van der Waals surface area contributed by atoms with Crippen molar-refractivity contribution in [3.8, 4) is 5.75 Å². The molecule has 1 aliphatic rings. The van der Waals surface area contributed by atoms with Crippen LogP contribution in [-0.2, 0) is 0 Å². The van der Waals surface area contributed by atoms with E-state index in [0.717, 1.165) is 31.1 Å². The Morgan fingerprint density at radius 2 is 2.14 bits per heavy atom. The molecule has 0 radical (unpaired) electrons. The van der Waals surface area contributed by atoms with Gasteiger partial charge in [0.2, 0.25) is 10.3 Å². The number of nitrogen functional groups attached to an aromatic ring is 1. The van der Waals surface area contributed by atoms with E-state index in [9.17, 15) is 4.39 Å². The standard InChI is InChI=1S/C14H17FN4OS/c15-11-3-5-12(6-4-11)20-9-10-2-1-7-19(8-10)14-18-17-13(16)21-14/h3-6,10H,1-2,7-9H2,(H2,16,17). The van der Waals surface area contributed by atoms with Crippen molar-refractivity contribution in [3.63, 3.8) is 0 Å². The SMILES string of the molecule is Nc1nnc(N2CCCC(COc3ccc(F)cc3)C2)s1. The highest BCUT2D eigenvalue weighted by Crippen LogP contribution is 2.27. The molecule has 3 rings (SSSR count). The molecule has 1 aromatic heterocycles. The molecule has 1 unspecified atom stereocenters. The summed E-state index contributed by atoms with van der Waals surface area (Å²) in [7, 11) is 0. The second-order valence-corrected chi connectivity index (χ2v) is 6.13. The molecule has 2 aromatic rings. The van der Waals surface area contributed by atoms with E-state index in [-0.39, 0.29) is 5.82 Å². The number of piperidine rings is 1. The fraction of sp³-hybridized carbons (Fsp3) is 0.429. The average Bonchev–Trinajstić information content (AvgIpc) is 2.94. The second kappa shape index (κ2) is 6.26. The molecule has 5 nitrogen and oxygen atoms in total. The smallest absolute Gasteiger partial charge is 0.209 e. The molecule has 1 atom stereocenters. The summed E-state index contributed by atoms with van der Waals surface area (Å²) >= 11 is 1.41. The monoisotopic (exact) mass is 308 g/mol. The molecule has 21 heavy (non-hydrogen) atoms. The Bertz CT molecular complexity index is 589. The first kappa shape index (κ1) is 14.1. The van der Waals surface area contributed by atoms with Crippen LogP contribution in [0.1, 0.15) is 12.8 Å². The lowest BCUT2D eigenvalue weighted by molar-refractivity contribution is 0.228. The van der Waals surface area contributed by atoms with Crippen LogP contribution in [0.15, 0.2) is 24.3 Å². The van der Waals surface area contributed by atoms with E-state index < -0.39 is 0 Å². The number of nitrogens with zero attached hydrogens (tertiary/aromatic N) is 3. The van der Waals surface area contributed by atoms with Gasteiger partial charge in [-0.1, -0.05) is 11.3 Å². The predicted molar refractivity (Wildman–Crippen MR) is 81.2 cm³/mol. The van der Waals surface area contributed by atoms with E-state index in [2.05, 4.69) is 15.1 Å². The van der Waals surface area contributed by atoms with E-state index in [0.29, 0.717) is 23.4 Å². The van der Waals surface area contributed by atoms with Gasteiger partial charge in [-0.05, 0) is 37.1 Å². The Morgan fingerprint density at radius 1 is 1.33 bits per heavy atom. The van der Waals surface area contributed by atoms with Crippen molar-refractivity contribution < 1.29 is 9.13 Å². The van der Waals surface area contributed by atoms with E-state index in [1.807, 2.05) is 0 Å². The van der Waals surface area contributed by atoms with Crippen LogP contribution in [0.5, 0.6) is 5.75 Å². The summed E-state index contributed by atoms with van der Waals surface area (Å²) in [6.07, 6.45) is 2.21. The average molecular weight is 308 g/mol. The van der Waals surface area contributed by atoms with Crippen LogP contribution in [0.25, 0.3) is 0 Å². The number of hydrogen-bond donors (Lipinski definition) is 1. The third kappa shape index (κ3) is 3.60. The van der Waals surface area contributed by atoms with Gasteiger partial charge in [-0.15, -0.1) is 10.2 Å². The Kier molecular flexibility index (Phi) is 4.19. The van der Waals surface area contributed by atoms with Gasteiger partial charge in [0, 0.05) is 19.0 Å². The first-order valence-corrected chi connectivity index (χ1v) is 7.74. The molecule has 7 heteroatoms. The zero-order valence-electron chi connectivity index (χ0n) is 11.5. The molecule has 112 valence electrons. The molecule has 0 aliphatic carbocycles. The highest BCUT2D eigenvalue weighted by Gasteiger charge is 2.23. The van der Waals surface area contributed by atoms with E-state index >= 15 is 0 Å². The molecule has 1 fully saturated rings.